The molecule has 1 aromatic carbocycles. The zero-order chi connectivity index (χ0) is 15.5. The summed E-state index contributed by atoms with van der Waals surface area (Å²) < 4.78 is 5.38. The minimum Gasteiger partial charge on any atom is -0.378 e. The zero-order valence-corrected chi connectivity index (χ0v) is 13.5. The Kier molecular flexibility index (Phi) is 4.64. The third-order valence-corrected chi connectivity index (χ3v) is 4.58. The van der Waals surface area contributed by atoms with Crippen LogP contribution in [0.3, 0.4) is 0 Å². The summed E-state index contributed by atoms with van der Waals surface area (Å²) in [6.07, 6.45) is 0. The maximum absolute atomic E-state index is 12.7. The number of carbonyl (C=O) groups is 1. The Morgan fingerprint density at radius 3 is 2.41 bits per heavy atom. The normalized spacial score (nSPS) is 23.6. The summed E-state index contributed by atoms with van der Waals surface area (Å²) in [4.78, 5) is 19.2. The van der Waals surface area contributed by atoms with Gasteiger partial charge in [0.25, 0.3) is 5.91 Å². The van der Waals surface area contributed by atoms with Gasteiger partial charge in [-0.3, -0.25) is 4.79 Å². The van der Waals surface area contributed by atoms with Crippen molar-refractivity contribution in [2.75, 3.05) is 57.9 Å². The van der Waals surface area contributed by atoms with Gasteiger partial charge in [0.05, 0.1) is 13.2 Å². The first-order chi connectivity index (χ1) is 10.6. The van der Waals surface area contributed by atoms with E-state index in [0.717, 1.165) is 51.5 Å². The van der Waals surface area contributed by atoms with E-state index in [1.165, 1.54) is 5.69 Å². The number of likely N-dealkylation sites (N-methyl/N-ethyl adjacent to an activating group) is 1. The van der Waals surface area contributed by atoms with Crippen molar-refractivity contribution in [3.05, 3.63) is 29.8 Å². The van der Waals surface area contributed by atoms with Crippen LogP contribution in [0.4, 0.5) is 5.69 Å². The van der Waals surface area contributed by atoms with E-state index in [1.807, 2.05) is 17.0 Å². The van der Waals surface area contributed by atoms with Gasteiger partial charge in [0.1, 0.15) is 0 Å². The maximum atomic E-state index is 12.7. The van der Waals surface area contributed by atoms with Crippen molar-refractivity contribution in [1.29, 1.82) is 0 Å². The van der Waals surface area contributed by atoms with Crippen LogP contribution in [0.25, 0.3) is 0 Å². The molecule has 5 nitrogen and oxygen atoms in total. The highest BCUT2D eigenvalue weighted by Crippen LogP contribution is 2.19. The number of rotatable bonds is 2. The van der Waals surface area contributed by atoms with Gasteiger partial charge in [0.15, 0.2) is 0 Å². The molecule has 0 bridgehead atoms. The molecule has 0 aromatic heterocycles. The summed E-state index contributed by atoms with van der Waals surface area (Å²) in [5.74, 6) is 0.147. The van der Waals surface area contributed by atoms with Gasteiger partial charge < -0.3 is 19.4 Å². The highest BCUT2D eigenvalue weighted by atomic mass is 16.5. The van der Waals surface area contributed by atoms with Crippen molar-refractivity contribution in [3.8, 4) is 0 Å². The lowest BCUT2D eigenvalue weighted by Crippen LogP contribution is -2.52. The number of amides is 1. The van der Waals surface area contributed by atoms with E-state index in [9.17, 15) is 4.79 Å². The lowest BCUT2D eigenvalue weighted by atomic mass is 10.1. The molecule has 2 saturated heterocycles. The minimum atomic E-state index is 0.147. The molecule has 120 valence electrons. The van der Waals surface area contributed by atoms with Gasteiger partial charge >= 0.3 is 0 Å². The van der Waals surface area contributed by atoms with Crippen molar-refractivity contribution < 1.29 is 9.53 Å². The smallest absolute Gasteiger partial charge is 0.254 e. The molecule has 0 N–H and O–H groups in total. The first kappa shape index (κ1) is 15.3. The van der Waals surface area contributed by atoms with Crippen LogP contribution in [0.2, 0.25) is 0 Å². The van der Waals surface area contributed by atoms with E-state index in [0.29, 0.717) is 0 Å². The molecule has 2 aliphatic rings. The van der Waals surface area contributed by atoms with Gasteiger partial charge in [-0.2, -0.15) is 0 Å². The van der Waals surface area contributed by atoms with Crippen molar-refractivity contribution >= 4 is 11.6 Å². The summed E-state index contributed by atoms with van der Waals surface area (Å²) in [6.45, 7) is 8.21. The third-order valence-electron chi connectivity index (χ3n) is 4.58. The second-order valence-corrected chi connectivity index (χ2v) is 6.26. The van der Waals surface area contributed by atoms with Crippen LogP contribution >= 0.6 is 0 Å². The fourth-order valence-electron chi connectivity index (χ4n) is 3.24. The molecule has 0 unspecified atom stereocenters. The summed E-state index contributed by atoms with van der Waals surface area (Å²) in [5.41, 5.74) is 1.96. The molecule has 2 heterocycles. The van der Waals surface area contributed by atoms with E-state index < -0.39 is 0 Å². The van der Waals surface area contributed by atoms with Crippen LogP contribution in [0, 0.1) is 0 Å². The van der Waals surface area contributed by atoms with E-state index >= 15 is 0 Å². The molecular formula is C17H25N3O2. The molecule has 3 rings (SSSR count). The number of benzene rings is 1. The lowest BCUT2D eigenvalue weighted by Gasteiger charge is -2.38. The van der Waals surface area contributed by atoms with Gasteiger partial charge in [-0.25, -0.2) is 0 Å². The molecule has 1 aromatic rings. The Morgan fingerprint density at radius 2 is 1.77 bits per heavy atom. The topological polar surface area (TPSA) is 36.0 Å². The molecular weight excluding hydrogens is 278 g/mol. The minimum absolute atomic E-state index is 0.147. The monoisotopic (exact) mass is 303 g/mol. The standard InChI is InChI=1S/C17H25N3O2/c1-14-13-18(2)7-8-20(14)17(21)15-3-5-16(6-4-15)19-9-11-22-12-10-19/h3-6,14H,7-13H2,1-2H3/t14-/m1/s1. The van der Waals surface area contributed by atoms with E-state index in [1.54, 1.807) is 0 Å². The third kappa shape index (κ3) is 3.25. The highest BCUT2D eigenvalue weighted by molar-refractivity contribution is 5.94. The predicted molar refractivity (Wildman–Crippen MR) is 87.5 cm³/mol. The number of morpholine rings is 1. The molecule has 1 amide bonds. The van der Waals surface area contributed by atoms with Crippen LogP contribution in [-0.2, 0) is 4.74 Å². The van der Waals surface area contributed by atoms with Gasteiger partial charge in [0.2, 0.25) is 0 Å². The SMILES string of the molecule is C[C@@H]1CN(C)CCN1C(=O)c1ccc(N2CCOCC2)cc1. The number of anilines is 1. The van der Waals surface area contributed by atoms with Gasteiger partial charge in [-0.15, -0.1) is 0 Å². The van der Waals surface area contributed by atoms with Gasteiger partial charge in [-0.1, -0.05) is 0 Å². The summed E-state index contributed by atoms with van der Waals surface area (Å²) in [5, 5.41) is 0. The van der Waals surface area contributed by atoms with Gasteiger partial charge in [0, 0.05) is 50.0 Å². The second kappa shape index (κ2) is 6.67. The van der Waals surface area contributed by atoms with Crippen molar-refractivity contribution in [2.24, 2.45) is 0 Å². The van der Waals surface area contributed by atoms with Crippen LogP contribution in [-0.4, -0.2) is 74.7 Å². The fourth-order valence-corrected chi connectivity index (χ4v) is 3.24. The second-order valence-electron chi connectivity index (χ2n) is 6.26. The molecule has 0 spiro atoms. The summed E-state index contributed by atoms with van der Waals surface area (Å²) >= 11 is 0. The quantitative estimate of drug-likeness (QED) is 0.825. The molecule has 2 aliphatic heterocycles. The average molecular weight is 303 g/mol. The molecule has 1 atom stereocenters. The van der Waals surface area contributed by atoms with Crippen LogP contribution in [0.15, 0.2) is 24.3 Å². The first-order valence-corrected chi connectivity index (χ1v) is 8.07. The lowest BCUT2D eigenvalue weighted by molar-refractivity contribution is 0.0533. The highest BCUT2D eigenvalue weighted by Gasteiger charge is 2.26. The summed E-state index contributed by atoms with van der Waals surface area (Å²) in [6, 6.07) is 8.29. The van der Waals surface area contributed by atoms with E-state index in [-0.39, 0.29) is 11.9 Å². The number of ether oxygens (including phenoxy) is 1. The molecule has 0 saturated carbocycles. The number of hydrogen-bond donors (Lipinski definition) is 0. The van der Waals surface area contributed by atoms with E-state index in [4.69, 9.17) is 4.74 Å². The molecule has 0 radical (unpaired) electrons. The van der Waals surface area contributed by atoms with Crippen LogP contribution in [0.5, 0.6) is 0 Å². The Hall–Kier alpha value is -1.59. The molecule has 5 heteroatoms. The number of hydrogen-bond acceptors (Lipinski definition) is 4. The predicted octanol–water partition coefficient (Wildman–Crippen LogP) is 1.30. The fraction of sp³-hybridized carbons (Fsp3) is 0.588. The van der Waals surface area contributed by atoms with Crippen molar-refractivity contribution in [3.63, 3.8) is 0 Å². The Bertz CT molecular complexity index is 511. The Balaban J connectivity index is 1.68. The number of nitrogens with zero attached hydrogens (tertiary/aromatic N) is 3. The molecule has 22 heavy (non-hydrogen) atoms. The summed E-state index contributed by atoms with van der Waals surface area (Å²) in [7, 11) is 2.11. The maximum Gasteiger partial charge on any atom is 0.254 e. The van der Waals surface area contributed by atoms with Gasteiger partial charge in [-0.05, 0) is 38.2 Å². The zero-order valence-electron chi connectivity index (χ0n) is 13.5. The molecule has 2 fully saturated rings. The van der Waals surface area contributed by atoms with E-state index in [2.05, 4.69) is 35.9 Å². The Labute approximate surface area is 132 Å². The first-order valence-electron chi connectivity index (χ1n) is 8.07. The molecule has 0 aliphatic carbocycles. The van der Waals surface area contributed by atoms with Crippen LogP contribution < -0.4 is 4.90 Å². The number of carbonyl (C=O) groups excluding carboxylic acids is 1. The van der Waals surface area contributed by atoms with Crippen LogP contribution in [0.1, 0.15) is 17.3 Å². The Morgan fingerprint density at radius 1 is 1.09 bits per heavy atom. The number of piperazine rings is 1. The van der Waals surface area contributed by atoms with Crippen molar-refractivity contribution in [1.82, 2.24) is 9.80 Å². The van der Waals surface area contributed by atoms with Crippen molar-refractivity contribution in [2.45, 2.75) is 13.0 Å². The average Bonchev–Trinajstić information content (AvgIpc) is 2.55. The largest absolute Gasteiger partial charge is 0.378 e.